The lowest BCUT2D eigenvalue weighted by Gasteiger charge is -2.38. The second-order valence-electron chi connectivity index (χ2n) is 6.69. The molecule has 0 saturated carbocycles. The summed E-state index contributed by atoms with van der Waals surface area (Å²) in [5.41, 5.74) is 0.971. The van der Waals surface area contributed by atoms with Crippen LogP contribution in [0.2, 0.25) is 0 Å². The van der Waals surface area contributed by atoms with E-state index in [-0.39, 0.29) is 24.0 Å². The Morgan fingerprint density at radius 3 is 2.65 bits per heavy atom. The molecule has 26 heavy (non-hydrogen) atoms. The van der Waals surface area contributed by atoms with Gasteiger partial charge in [-0.05, 0) is 31.9 Å². The highest BCUT2D eigenvalue weighted by molar-refractivity contribution is 5.95. The second-order valence-corrected chi connectivity index (χ2v) is 6.69. The van der Waals surface area contributed by atoms with E-state index >= 15 is 0 Å². The van der Waals surface area contributed by atoms with E-state index < -0.39 is 0 Å². The van der Waals surface area contributed by atoms with Gasteiger partial charge in [0.1, 0.15) is 12.2 Å². The van der Waals surface area contributed by atoms with Crippen molar-refractivity contribution < 1.29 is 14.3 Å². The lowest BCUT2D eigenvalue weighted by Crippen LogP contribution is -2.55. The Balaban J connectivity index is 1.53. The van der Waals surface area contributed by atoms with Crippen molar-refractivity contribution in [1.29, 1.82) is 5.26 Å². The van der Waals surface area contributed by atoms with Gasteiger partial charge in [0, 0.05) is 32.8 Å². The maximum atomic E-state index is 12.5. The molecule has 1 aromatic rings. The molecule has 0 unspecified atom stereocenters. The zero-order valence-corrected chi connectivity index (χ0v) is 15.0. The van der Waals surface area contributed by atoms with Crippen LogP contribution in [0.4, 0.5) is 5.69 Å². The van der Waals surface area contributed by atoms with Crippen LogP contribution in [0.5, 0.6) is 0 Å². The van der Waals surface area contributed by atoms with E-state index in [4.69, 9.17) is 10.00 Å². The number of rotatable bonds is 4. The van der Waals surface area contributed by atoms with Crippen molar-refractivity contribution in [3.05, 3.63) is 29.8 Å². The van der Waals surface area contributed by atoms with Gasteiger partial charge in [-0.3, -0.25) is 14.5 Å². The number of nitrogens with one attached hydrogen (secondary N) is 1. The summed E-state index contributed by atoms with van der Waals surface area (Å²) in [6.07, 6.45) is 1.46. The molecule has 138 valence electrons. The summed E-state index contributed by atoms with van der Waals surface area (Å²) in [7, 11) is 0. The first-order chi connectivity index (χ1) is 12.6. The van der Waals surface area contributed by atoms with Gasteiger partial charge in [-0.25, -0.2) is 0 Å². The van der Waals surface area contributed by atoms with Crippen LogP contribution in [-0.4, -0.2) is 66.5 Å². The van der Waals surface area contributed by atoms with Gasteiger partial charge in [0.15, 0.2) is 0 Å². The fourth-order valence-electron chi connectivity index (χ4n) is 3.40. The highest BCUT2D eigenvalue weighted by Gasteiger charge is 2.32. The van der Waals surface area contributed by atoms with E-state index in [2.05, 4.69) is 16.3 Å². The zero-order valence-electron chi connectivity index (χ0n) is 15.0. The molecule has 0 aliphatic carbocycles. The smallest absolute Gasteiger partial charge is 0.251 e. The maximum absolute atomic E-state index is 12.5. The van der Waals surface area contributed by atoms with Gasteiger partial charge in [-0.15, -0.1) is 0 Å². The highest BCUT2D eigenvalue weighted by atomic mass is 16.5. The molecule has 0 bridgehead atoms. The molecule has 2 atom stereocenters. The molecule has 0 radical (unpaired) electrons. The van der Waals surface area contributed by atoms with Crippen LogP contribution in [0.25, 0.3) is 0 Å². The number of para-hydroxylation sites is 1. The van der Waals surface area contributed by atoms with Gasteiger partial charge < -0.3 is 15.0 Å². The Bertz CT molecular complexity index is 701. The van der Waals surface area contributed by atoms with E-state index in [1.807, 2.05) is 11.8 Å². The number of benzene rings is 1. The van der Waals surface area contributed by atoms with Crippen molar-refractivity contribution in [1.82, 2.24) is 9.80 Å². The number of ether oxygens (including phenoxy) is 1. The van der Waals surface area contributed by atoms with Crippen LogP contribution in [0, 0.1) is 11.3 Å². The molecule has 2 aliphatic rings. The van der Waals surface area contributed by atoms with Gasteiger partial charge in [-0.1, -0.05) is 12.1 Å². The molecule has 2 aliphatic heterocycles. The average Bonchev–Trinajstić information content (AvgIpc) is 3.22. The zero-order chi connectivity index (χ0) is 18.5. The third-order valence-corrected chi connectivity index (χ3v) is 5.06. The summed E-state index contributed by atoms with van der Waals surface area (Å²) in [4.78, 5) is 28.8. The van der Waals surface area contributed by atoms with Crippen LogP contribution >= 0.6 is 0 Å². The van der Waals surface area contributed by atoms with Crippen molar-refractivity contribution in [2.24, 2.45) is 0 Å². The van der Waals surface area contributed by atoms with Crippen molar-refractivity contribution in [2.45, 2.75) is 31.9 Å². The molecule has 2 heterocycles. The monoisotopic (exact) mass is 356 g/mol. The number of hydrogen-bond donors (Lipinski definition) is 1. The summed E-state index contributed by atoms with van der Waals surface area (Å²) in [6, 6.07) is 8.70. The van der Waals surface area contributed by atoms with Crippen LogP contribution in [-0.2, 0) is 14.3 Å². The molecule has 3 rings (SSSR count). The predicted octanol–water partition coefficient (Wildman–Crippen LogP) is 1.21. The average molecular weight is 356 g/mol. The summed E-state index contributed by atoms with van der Waals surface area (Å²) < 4.78 is 5.47. The fraction of sp³-hybridized carbons (Fsp3) is 0.526. The lowest BCUT2D eigenvalue weighted by molar-refractivity contribution is -0.143. The van der Waals surface area contributed by atoms with Crippen molar-refractivity contribution in [3.63, 3.8) is 0 Å². The van der Waals surface area contributed by atoms with Gasteiger partial charge in [0.2, 0.25) is 5.91 Å². The number of hydrogen-bond acceptors (Lipinski definition) is 5. The van der Waals surface area contributed by atoms with Gasteiger partial charge in [-0.2, -0.15) is 5.26 Å². The van der Waals surface area contributed by atoms with Crippen molar-refractivity contribution in [2.75, 3.05) is 38.1 Å². The summed E-state index contributed by atoms with van der Waals surface area (Å²) in [5, 5.41) is 12.0. The lowest BCUT2D eigenvalue weighted by atomic mass is 10.1. The third kappa shape index (κ3) is 4.03. The van der Waals surface area contributed by atoms with Crippen molar-refractivity contribution in [3.8, 4) is 6.07 Å². The second kappa shape index (κ2) is 8.30. The number of nitrogens with zero attached hydrogens (tertiary/aromatic N) is 3. The van der Waals surface area contributed by atoms with Crippen LogP contribution in [0.1, 0.15) is 25.3 Å². The number of amides is 2. The minimum atomic E-state index is -0.332. The van der Waals surface area contributed by atoms with Gasteiger partial charge >= 0.3 is 0 Å². The first-order valence-electron chi connectivity index (χ1n) is 9.04. The Morgan fingerprint density at radius 1 is 1.27 bits per heavy atom. The minimum Gasteiger partial charge on any atom is -0.368 e. The van der Waals surface area contributed by atoms with E-state index in [9.17, 15) is 9.59 Å². The summed E-state index contributed by atoms with van der Waals surface area (Å²) >= 11 is 0. The number of carbonyl (C=O) groups is 2. The molecular formula is C19H24N4O3. The molecule has 2 amide bonds. The fourth-order valence-corrected chi connectivity index (χ4v) is 3.40. The van der Waals surface area contributed by atoms with Gasteiger partial charge in [0.25, 0.3) is 5.91 Å². The van der Waals surface area contributed by atoms with Crippen LogP contribution in [0.15, 0.2) is 24.3 Å². The minimum absolute atomic E-state index is 0.0715. The van der Waals surface area contributed by atoms with E-state index in [1.54, 1.807) is 24.3 Å². The molecule has 2 fully saturated rings. The predicted molar refractivity (Wildman–Crippen MR) is 96.4 cm³/mol. The molecule has 1 N–H and O–H groups in total. The number of anilines is 1. The molecule has 7 heteroatoms. The van der Waals surface area contributed by atoms with Crippen LogP contribution < -0.4 is 5.32 Å². The quantitative estimate of drug-likeness (QED) is 0.876. The molecular weight excluding hydrogens is 332 g/mol. The summed E-state index contributed by atoms with van der Waals surface area (Å²) in [6.45, 7) is 5.01. The third-order valence-electron chi connectivity index (χ3n) is 5.06. The highest BCUT2D eigenvalue weighted by Crippen LogP contribution is 2.18. The largest absolute Gasteiger partial charge is 0.368 e. The molecule has 2 saturated heterocycles. The standard InChI is InChI=1S/C19H24N4O3/c1-14(18(24)21-16-6-3-2-5-15(16)13-20)22-8-10-23(11-9-22)19(25)17-7-4-12-26-17/h2-3,5-6,14,17H,4,7-12H2,1H3,(H,21,24)/t14-,17-/m0/s1. The first kappa shape index (κ1) is 18.4. The number of piperazine rings is 1. The van der Waals surface area contributed by atoms with E-state index in [1.165, 1.54) is 0 Å². The Labute approximate surface area is 153 Å². The normalized spacial score (nSPS) is 21.8. The molecule has 0 spiro atoms. The molecule has 0 aromatic heterocycles. The summed E-state index contributed by atoms with van der Waals surface area (Å²) in [5.74, 6) is -0.0752. The Morgan fingerprint density at radius 2 is 2.00 bits per heavy atom. The van der Waals surface area contributed by atoms with E-state index in [0.717, 1.165) is 12.8 Å². The molecule has 1 aromatic carbocycles. The van der Waals surface area contributed by atoms with Crippen molar-refractivity contribution >= 4 is 17.5 Å². The topological polar surface area (TPSA) is 85.7 Å². The Hall–Kier alpha value is -2.43. The number of carbonyl (C=O) groups excluding carboxylic acids is 2. The maximum Gasteiger partial charge on any atom is 0.251 e. The Kier molecular flexibility index (Phi) is 5.86. The number of nitriles is 1. The molecule has 7 nitrogen and oxygen atoms in total. The first-order valence-corrected chi connectivity index (χ1v) is 9.04. The van der Waals surface area contributed by atoms with Crippen LogP contribution in [0.3, 0.4) is 0 Å². The van der Waals surface area contributed by atoms with E-state index in [0.29, 0.717) is 44.0 Å². The van der Waals surface area contributed by atoms with Gasteiger partial charge in [0.05, 0.1) is 17.3 Å². The SMILES string of the molecule is C[C@@H](C(=O)Nc1ccccc1C#N)N1CCN(C(=O)[C@@H]2CCCO2)CC1.